The monoisotopic (exact) mass is 493 g/mol. The lowest BCUT2D eigenvalue weighted by Crippen LogP contribution is -2.43. The summed E-state index contributed by atoms with van der Waals surface area (Å²) in [6.07, 6.45) is 3.12. The van der Waals surface area contributed by atoms with Crippen LogP contribution in [-0.2, 0) is 14.3 Å². The van der Waals surface area contributed by atoms with E-state index in [2.05, 4.69) is 4.98 Å². The average molecular weight is 494 g/mol. The van der Waals surface area contributed by atoms with Gasteiger partial charge >= 0.3 is 5.97 Å². The van der Waals surface area contributed by atoms with E-state index in [0.717, 1.165) is 29.3 Å². The number of amides is 1. The lowest BCUT2D eigenvalue weighted by molar-refractivity contribution is -0.137. The van der Waals surface area contributed by atoms with Gasteiger partial charge in [-0.05, 0) is 30.5 Å². The van der Waals surface area contributed by atoms with Crippen molar-refractivity contribution in [1.82, 2.24) is 14.9 Å². The quantitative estimate of drug-likeness (QED) is 0.161. The summed E-state index contributed by atoms with van der Waals surface area (Å²) in [6.45, 7) is 0.804. The highest BCUT2D eigenvalue weighted by atomic mass is 32.2. The fraction of sp³-hybridized carbons (Fsp3) is 0.269. The van der Waals surface area contributed by atoms with Gasteiger partial charge < -0.3 is 9.64 Å². The molecule has 1 unspecified atom stereocenters. The van der Waals surface area contributed by atoms with Crippen LogP contribution in [0.5, 0.6) is 0 Å². The lowest BCUT2D eigenvalue weighted by Gasteiger charge is -2.33. The minimum Gasteiger partial charge on any atom is -0.468 e. The highest BCUT2D eigenvalue weighted by Crippen LogP contribution is 2.34. The molecule has 0 spiro atoms. The van der Waals surface area contributed by atoms with E-state index in [-0.39, 0.29) is 17.5 Å². The van der Waals surface area contributed by atoms with Crippen molar-refractivity contribution < 1.29 is 23.5 Å². The molecule has 1 aliphatic rings. The van der Waals surface area contributed by atoms with Gasteiger partial charge in [0.1, 0.15) is 5.82 Å². The van der Waals surface area contributed by atoms with Crippen LogP contribution in [0.1, 0.15) is 34.8 Å². The van der Waals surface area contributed by atoms with Gasteiger partial charge in [-0.25, -0.2) is 14.4 Å². The minimum atomic E-state index is -0.543. The maximum Gasteiger partial charge on any atom is 0.316 e. The van der Waals surface area contributed by atoms with Crippen molar-refractivity contribution in [3.8, 4) is 11.1 Å². The van der Waals surface area contributed by atoms with Crippen molar-refractivity contribution in [1.29, 1.82) is 0 Å². The Morgan fingerprint density at radius 3 is 2.57 bits per heavy atom. The Kier molecular flexibility index (Phi) is 7.87. The summed E-state index contributed by atoms with van der Waals surface area (Å²) in [5.74, 6) is -1.92. The molecule has 2 heterocycles. The number of piperidine rings is 1. The summed E-state index contributed by atoms with van der Waals surface area (Å²) in [5, 5.41) is 0.403. The van der Waals surface area contributed by atoms with E-state index in [1.54, 1.807) is 53.6 Å². The Morgan fingerprint density at radius 1 is 1.11 bits per heavy atom. The Hall–Kier alpha value is -3.59. The van der Waals surface area contributed by atoms with E-state index in [9.17, 15) is 18.8 Å². The van der Waals surface area contributed by atoms with Crippen LogP contribution in [0, 0.1) is 5.82 Å². The Bertz CT molecular complexity index is 1220. The number of hydrogen-bond acceptors (Lipinski definition) is 7. The highest BCUT2D eigenvalue weighted by Gasteiger charge is 2.31. The number of nitrogens with zero attached hydrogens (tertiary/aromatic N) is 3. The van der Waals surface area contributed by atoms with Gasteiger partial charge in [-0.1, -0.05) is 54.2 Å². The second-order valence-electron chi connectivity index (χ2n) is 8.11. The number of esters is 1. The fourth-order valence-corrected chi connectivity index (χ4v) is 4.69. The molecule has 3 aromatic rings. The molecule has 0 N–H and O–H groups in total. The van der Waals surface area contributed by atoms with E-state index >= 15 is 0 Å². The summed E-state index contributed by atoms with van der Waals surface area (Å²) in [7, 11) is 1.32. The summed E-state index contributed by atoms with van der Waals surface area (Å²) >= 11 is 1.16. The summed E-state index contributed by atoms with van der Waals surface area (Å²) in [5.41, 5.74) is 2.52. The first-order valence-corrected chi connectivity index (χ1v) is 12.2. The molecule has 1 atom stereocenters. The molecule has 4 rings (SSSR count). The van der Waals surface area contributed by atoms with Gasteiger partial charge in [-0.3, -0.25) is 14.4 Å². The van der Waals surface area contributed by atoms with Crippen LogP contribution in [0.15, 0.2) is 66.0 Å². The zero-order chi connectivity index (χ0) is 24.8. The van der Waals surface area contributed by atoms with E-state index in [1.165, 1.54) is 19.2 Å². The normalized spacial score (nSPS) is 15.5. The highest BCUT2D eigenvalue weighted by molar-refractivity contribution is 7.99. The first-order chi connectivity index (χ1) is 17.0. The van der Waals surface area contributed by atoms with Gasteiger partial charge in [0.2, 0.25) is 5.78 Å². The second kappa shape index (κ2) is 11.2. The Balaban J connectivity index is 1.62. The van der Waals surface area contributed by atoms with E-state index in [4.69, 9.17) is 9.72 Å². The summed E-state index contributed by atoms with van der Waals surface area (Å²) in [6, 6.07) is 14.5. The zero-order valence-electron chi connectivity index (χ0n) is 19.1. The molecule has 7 nitrogen and oxygen atoms in total. The van der Waals surface area contributed by atoms with E-state index in [1.807, 2.05) is 0 Å². The number of hydrogen-bond donors (Lipinski definition) is 0. The number of ketones is 1. The molecule has 1 amide bonds. The Morgan fingerprint density at radius 2 is 1.86 bits per heavy atom. The van der Waals surface area contributed by atoms with Crippen molar-refractivity contribution in [3.05, 3.63) is 77.9 Å². The standard InChI is InChI=1S/C26H24FN3O4S/c1-34-22(31)16-35-26-28-14-21(17-9-11-20(27)12-10-17)23(29-26)19-8-5-13-30(15-19)25(33)24(32)18-6-3-2-4-7-18/h2-4,6-7,9-12,14,19H,5,8,13,15-16H2,1H3. The van der Waals surface area contributed by atoms with Gasteiger partial charge in [0.05, 0.1) is 18.6 Å². The number of Topliss-reactive ketones (excluding diaryl/α,β-unsaturated/α-hetero) is 1. The molecule has 0 bridgehead atoms. The minimum absolute atomic E-state index is 0.0622. The van der Waals surface area contributed by atoms with Gasteiger partial charge in [0.25, 0.3) is 5.91 Å². The third-order valence-corrected chi connectivity index (χ3v) is 6.66. The van der Waals surface area contributed by atoms with Gasteiger partial charge in [-0.2, -0.15) is 0 Å². The molecule has 2 aromatic carbocycles. The zero-order valence-corrected chi connectivity index (χ0v) is 20.0. The molecule has 1 saturated heterocycles. The average Bonchev–Trinajstić information content (AvgIpc) is 2.91. The third kappa shape index (κ3) is 5.92. The molecule has 9 heteroatoms. The number of rotatable bonds is 7. The number of carbonyl (C=O) groups is 3. The van der Waals surface area contributed by atoms with Crippen LogP contribution in [-0.4, -0.2) is 58.5 Å². The number of halogens is 1. The van der Waals surface area contributed by atoms with Gasteiger partial charge in [-0.15, -0.1) is 0 Å². The smallest absolute Gasteiger partial charge is 0.316 e. The molecule has 35 heavy (non-hydrogen) atoms. The van der Waals surface area contributed by atoms with Crippen molar-refractivity contribution in [2.45, 2.75) is 23.9 Å². The first-order valence-electron chi connectivity index (χ1n) is 11.2. The number of aromatic nitrogens is 2. The maximum absolute atomic E-state index is 13.5. The topological polar surface area (TPSA) is 89.5 Å². The number of carbonyl (C=O) groups excluding carboxylic acids is 3. The number of benzene rings is 2. The van der Waals surface area contributed by atoms with Gasteiger partial charge in [0, 0.05) is 36.3 Å². The van der Waals surface area contributed by atoms with Gasteiger partial charge in [0.15, 0.2) is 5.16 Å². The molecular weight excluding hydrogens is 469 g/mol. The summed E-state index contributed by atoms with van der Waals surface area (Å²) in [4.78, 5) is 48.0. The molecule has 1 aromatic heterocycles. The molecule has 0 radical (unpaired) electrons. The molecule has 1 aliphatic heterocycles. The second-order valence-corrected chi connectivity index (χ2v) is 9.05. The van der Waals surface area contributed by atoms with Crippen molar-refractivity contribution in [3.63, 3.8) is 0 Å². The predicted molar refractivity (Wildman–Crippen MR) is 129 cm³/mol. The van der Waals surface area contributed by atoms with Crippen LogP contribution >= 0.6 is 11.8 Å². The van der Waals surface area contributed by atoms with Crippen molar-refractivity contribution in [2.24, 2.45) is 0 Å². The molecule has 1 fully saturated rings. The summed E-state index contributed by atoms with van der Waals surface area (Å²) < 4.78 is 18.2. The van der Waals surface area contributed by atoms with Crippen LogP contribution in [0.2, 0.25) is 0 Å². The van der Waals surface area contributed by atoms with Crippen LogP contribution < -0.4 is 0 Å². The SMILES string of the molecule is COC(=O)CSc1ncc(-c2ccc(F)cc2)c(C2CCCN(C(=O)C(=O)c3ccccc3)C2)n1. The fourth-order valence-electron chi connectivity index (χ4n) is 4.03. The third-order valence-electron chi connectivity index (χ3n) is 5.82. The van der Waals surface area contributed by atoms with Crippen LogP contribution in [0.4, 0.5) is 4.39 Å². The van der Waals surface area contributed by atoms with E-state index < -0.39 is 17.7 Å². The number of thioether (sulfide) groups is 1. The molecular formula is C26H24FN3O4S. The van der Waals surface area contributed by atoms with Crippen molar-refractivity contribution in [2.75, 3.05) is 26.0 Å². The Labute approximate surface area is 206 Å². The predicted octanol–water partition coefficient (Wildman–Crippen LogP) is 4.14. The molecule has 180 valence electrons. The number of methoxy groups -OCH3 is 1. The van der Waals surface area contributed by atoms with Crippen LogP contribution in [0.25, 0.3) is 11.1 Å². The first kappa shape index (κ1) is 24.5. The lowest BCUT2D eigenvalue weighted by atomic mass is 9.89. The molecule has 0 saturated carbocycles. The van der Waals surface area contributed by atoms with Crippen LogP contribution in [0.3, 0.4) is 0 Å². The van der Waals surface area contributed by atoms with E-state index in [0.29, 0.717) is 35.9 Å². The van der Waals surface area contributed by atoms with Crippen molar-refractivity contribution >= 4 is 29.4 Å². The number of likely N-dealkylation sites (tertiary alicyclic amines) is 1. The maximum atomic E-state index is 13.5. The largest absolute Gasteiger partial charge is 0.468 e. The number of ether oxygens (including phenoxy) is 1. The molecule has 0 aliphatic carbocycles.